The summed E-state index contributed by atoms with van der Waals surface area (Å²) in [7, 11) is 1.42. The van der Waals surface area contributed by atoms with Gasteiger partial charge in [0.05, 0.1) is 12.6 Å². The van der Waals surface area contributed by atoms with Crippen LogP contribution in [0.2, 0.25) is 0 Å². The lowest BCUT2D eigenvalue weighted by Gasteiger charge is -2.08. The number of benzene rings is 1. The highest BCUT2D eigenvalue weighted by molar-refractivity contribution is 5.83. The molecule has 3 nitrogen and oxygen atoms in total. The van der Waals surface area contributed by atoms with E-state index in [9.17, 15) is 4.79 Å². The summed E-state index contributed by atoms with van der Waals surface area (Å²) >= 11 is 0. The zero-order valence-corrected chi connectivity index (χ0v) is 11.0. The number of carbonyl (C=O) groups excluding carboxylic acids is 1. The van der Waals surface area contributed by atoms with E-state index in [1.165, 1.54) is 12.7 Å². The number of ether oxygens (including phenoxy) is 1. The Bertz CT molecular complexity index is 590. The van der Waals surface area contributed by atoms with Crippen molar-refractivity contribution in [2.24, 2.45) is 0 Å². The molecule has 0 fully saturated rings. The SMILES string of the molecule is COC(=O)CCc1cc(C)cc2ccc(C)nc12. The molecule has 0 aliphatic heterocycles. The second kappa shape index (κ2) is 5.17. The minimum atomic E-state index is -0.183. The van der Waals surface area contributed by atoms with Gasteiger partial charge in [0.2, 0.25) is 0 Å². The highest BCUT2D eigenvalue weighted by atomic mass is 16.5. The van der Waals surface area contributed by atoms with E-state index in [4.69, 9.17) is 0 Å². The standard InChI is InChI=1S/C15H17NO2/c1-10-8-12-5-4-11(2)16-15(12)13(9-10)6-7-14(17)18-3/h4-5,8-9H,6-7H2,1-3H3. The Kier molecular flexibility index (Phi) is 3.60. The van der Waals surface area contributed by atoms with Gasteiger partial charge in [-0.05, 0) is 38.0 Å². The third kappa shape index (κ3) is 2.67. The number of rotatable bonds is 3. The van der Waals surface area contributed by atoms with Crippen molar-refractivity contribution in [1.29, 1.82) is 0 Å². The second-order valence-electron chi connectivity index (χ2n) is 4.52. The fourth-order valence-electron chi connectivity index (χ4n) is 2.10. The van der Waals surface area contributed by atoms with Crippen molar-refractivity contribution < 1.29 is 9.53 Å². The monoisotopic (exact) mass is 243 g/mol. The molecule has 0 aliphatic carbocycles. The minimum Gasteiger partial charge on any atom is -0.469 e. The summed E-state index contributed by atoms with van der Waals surface area (Å²) in [6.07, 6.45) is 1.06. The third-order valence-corrected chi connectivity index (χ3v) is 2.98. The number of fused-ring (bicyclic) bond motifs is 1. The molecular weight excluding hydrogens is 226 g/mol. The number of methoxy groups -OCH3 is 1. The smallest absolute Gasteiger partial charge is 0.305 e. The van der Waals surface area contributed by atoms with Crippen LogP contribution in [-0.4, -0.2) is 18.1 Å². The van der Waals surface area contributed by atoms with Crippen LogP contribution in [0.4, 0.5) is 0 Å². The number of aryl methyl sites for hydroxylation is 3. The number of esters is 1. The molecule has 0 saturated carbocycles. The fourth-order valence-corrected chi connectivity index (χ4v) is 2.10. The van der Waals surface area contributed by atoms with Gasteiger partial charge >= 0.3 is 5.97 Å². The van der Waals surface area contributed by atoms with Crippen LogP contribution >= 0.6 is 0 Å². The van der Waals surface area contributed by atoms with Gasteiger partial charge in [-0.2, -0.15) is 0 Å². The first kappa shape index (κ1) is 12.6. The van der Waals surface area contributed by atoms with Crippen LogP contribution in [0, 0.1) is 13.8 Å². The van der Waals surface area contributed by atoms with Gasteiger partial charge in [0, 0.05) is 17.5 Å². The van der Waals surface area contributed by atoms with Crippen molar-refractivity contribution in [3.63, 3.8) is 0 Å². The van der Waals surface area contributed by atoms with Crippen LogP contribution in [0.5, 0.6) is 0 Å². The van der Waals surface area contributed by atoms with E-state index >= 15 is 0 Å². The predicted octanol–water partition coefficient (Wildman–Crippen LogP) is 2.96. The van der Waals surface area contributed by atoms with E-state index in [1.807, 2.05) is 13.0 Å². The summed E-state index contributed by atoms with van der Waals surface area (Å²) in [5, 5.41) is 1.13. The van der Waals surface area contributed by atoms with Gasteiger partial charge in [0.1, 0.15) is 0 Å². The van der Waals surface area contributed by atoms with E-state index in [2.05, 4.69) is 34.8 Å². The Balaban J connectivity index is 2.41. The first-order chi connectivity index (χ1) is 8.60. The Morgan fingerprint density at radius 1 is 1.28 bits per heavy atom. The maximum absolute atomic E-state index is 11.2. The van der Waals surface area contributed by atoms with Crippen molar-refractivity contribution in [3.05, 3.63) is 41.1 Å². The molecule has 0 saturated heterocycles. The summed E-state index contributed by atoms with van der Waals surface area (Å²) in [5.41, 5.74) is 4.28. The molecule has 1 aromatic carbocycles. The molecule has 0 unspecified atom stereocenters. The summed E-state index contributed by atoms with van der Waals surface area (Å²) in [5.74, 6) is -0.183. The van der Waals surface area contributed by atoms with E-state index in [0.29, 0.717) is 12.8 Å². The molecule has 0 N–H and O–H groups in total. The molecular formula is C15H17NO2. The van der Waals surface area contributed by atoms with Gasteiger partial charge < -0.3 is 4.74 Å². The molecule has 18 heavy (non-hydrogen) atoms. The molecule has 1 heterocycles. The average molecular weight is 243 g/mol. The van der Waals surface area contributed by atoms with Gasteiger partial charge in [0.25, 0.3) is 0 Å². The number of pyridine rings is 1. The first-order valence-corrected chi connectivity index (χ1v) is 6.04. The van der Waals surface area contributed by atoms with Crippen LogP contribution in [0.1, 0.15) is 23.2 Å². The summed E-state index contributed by atoms with van der Waals surface area (Å²) < 4.78 is 4.68. The average Bonchev–Trinajstić information content (AvgIpc) is 2.36. The van der Waals surface area contributed by atoms with Crippen LogP contribution in [0.15, 0.2) is 24.3 Å². The zero-order valence-electron chi connectivity index (χ0n) is 11.0. The van der Waals surface area contributed by atoms with Gasteiger partial charge in [-0.25, -0.2) is 0 Å². The Morgan fingerprint density at radius 2 is 2.06 bits per heavy atom. The maximum Gasteiger partial charge on any atom is 0.305 e. The van der Waals surface area contributed by atoms with Crippen molar-refractivity contribution in [2.75, 3.05) is 7.11 Å². The molecule has 0 spiro atoms. The number of hydrogen-bond acceptors (Lipinski definition) is 3. The van der Waals surface area contributed by atoms with Crippen LogP contribution in [0.25, 0.3) is 10.9 Å². The first-order valence-electron chi connectivity index (χ1n) is 6.04. The lowest BCUT2D eigenvalue weighted by atomic mass is 10.0. The highest BCUT2D eigenvalue weighted by Gasteiger charge is 2.07. The molecule has 0 aliphatic rings. The van der Waals surface area contributed by atoms with Crippen molar-refractivity contribution in [1.82, 2.24) is 4.98 Å². The summed E-state index contributed by atoms with van der Waals surface area (Å²) in [6, 6.07) is 8.29. The number of aromatic nitrogens is 1. The topological polar surface area (TPSA) is 39.2 Å². The van der Waals surface area contributed by atoms with Crippen LogP contribution in [-0.2, 0) is 16.0 Å². The molecule has 0 atom stereocenters. The predicted molar refractivity (Wildman–Crippen MR) is 71.6 cm³/mol. The minimum absolute atomic E-state index is 0.183. The highest BCUT2D eigenvalue weighted by Crippen LogP contribution is 2.21. The van der Waals surface area contributed by atoms with Crippen molar-refractivity contribution in [3.8, 4) is 0 Å². The van der Waals surface area contributed by atoms with E-state index in [0.717, 1.165) is 22.2 Å². The number of hydrogen-bond donors (Lipinski definition) is 0. The number of carbonyl (C=O) groups is 1. The second-order valence-corrected chi connectivity index (χ2v) is 4.52. The third-order valence-electron chi connectivity index (χ3n) is 2.98. The van der Waals surface area contributed by atoms with Crippen molar-refractivity contribution in [2.45, 2.75) is 26.7 Å². The van der Waals surface area contributed by atoms with Crippen LogP contribution in [0.3, 0.4) is 0 Å². The van der Waals surface area contributed by atoms with Gasteiger partial charge in [-0.15, -0.1) is 0 Å². The maximum atomic E-state index is 11.2. The Hall–Kier alpha value is -1.90. The number of nitrogens with zero attached hydrogens (tertiary/aromatic N) is 1. The van der Waals surface area contributed by atoms with Gasteiger partial charge in [-0.1, -0.05) is 17.7 Å². The molecule has 3 heteroatoms. The molecule has 94 valence electrons. The quantitative estimate of drug-likeness (QED) is 0.778. The largest absolute Gasteiger partial charge is 0.469 e. The lowest BCUT2D eigenvalue weighted by molar-refractivity contribution is -0.140. The van der Waals surface area contributed by atoms with E-state index < -0.39 is 0 Å². The Labute approximate surface area is 107 Å². The lowest BCUT2D eigenvalue weighted by Crippen LogP contribution is -2.03. The fraction of sp³-hybridized carbons (Fsp3) is 0.333. The van der Waals surface area contributed by atoms with E-state index in [1.54, 1.807) is 0 Å². The molecule has 2 rings (SSSR count). The van der Waals surface area contributed by atoms with Gasteiger partial charge in [-0.3, -0.25) is 9.78 Å². The van der Waals surface area contributed by atoms with Crippen LogP contribution < -0.4 is 0 Å². The van der Waals surface area contributed by atoms with Crippen molar-refractivity contribution >= 4 is 16.9 Å². The summed E-state index contributed by atoms with van der Waals surface area (Å²) in [6.45, 7) is 4.03. The van der Waals surface area contributed by atoms with Gasteiger partial charge in [0.15, 0.2) is 0 Å². The van der Waals surface area contributed by atoms with E-state index in [-0.39, 0.29) is 5.97 Å². The zero-order chi connectivity index (χ0) is 13.1. The summed E-state index contributed by atoms with van der Waals surface area (Å²) in [4.78, 5) is 15.8. The Morgan fingerprint density at radius 3 is 2.78 bits per heavy atom. The molecule has 0 amide bonds. The molecule has 0 radical (unpaired) electrons. The molecule has 2 aromatic rings. The molecule has 1 aromatic heterocycles. The normalized spacial score (nSPS) is 10.6. The molecule has 0 bridgehead atoms.